The van der Waals surface area contributed by atoms with Gasteiger partial charge in [-0.1, -0.05) is 26.0 Å². The van der Waals surface area contributed by atoms with Crippen LogP contribution >= 0.6 is 0 Å². The molecule has 1 aromatic carbocycles. The first-order valence-electron chi connectivity index (χ1n) is 8.32. The highest BCUT2D eigenvalue weighted by atomic mass is 16.5. The second-order valence-electron chi connectivity index (χ2n) is 6.36. The van der Waals surface area contributed by atoms with Crippen LogP contribution in [0, 0.1) is 6.92 Å². The predicted molar refractivity (Wildman–Crippen MR) is 97.0 cm³/mol. The number of rotatable bonds is 5. The average molecular weight is 338 g/mol. The first kappa shape index (κ1) is 17.0. The Morgan fingerprint density at radius 2 is 1.96 bits per heavy atom. The lowest BCUT2D eigenvalue weighted by Gasteiger charge is -2.18. The molecule has 0 aliphatic heterocycles. The van der Waals surface area contributed by atoms with Gasteiger partial charge < -0.3 is 10.1 Å². The molecule has 0 radical (unpaired) electrons. The average Bonchev–Trinajstić information content (AvgIpc) is 3.06. The second-order valence-corrected chi connectivity index (χ2v) is 6.36. The number of fused-ring (bicyclic) bond motifs is 1. The molecule has 0 saturated heterocycles. The third-order valence-electron chi connectivity index (χ3n) is 4.09. The molecule has 25 heavy (non-hydrogen) atoms. The van der Waals surface area contributed by atoms with Crippen LogP contribution in [0.5, 0.6) is 5.75 Å². The minimum atomic E-state index is -0.639. The molecule has 1 atom stereocenters. The molecule has 0 fully saturated rings. The minimum Gasteiger partial charge on any atom is -0.481 e. The quantitative estimate of drug-likeness (QED) is 0.772. The van der Waals surface area contributed by atoms with E-state index in [0.29, 0.717) is 17.4 Å². The summed E-state index contributed by atoms with van der Waals surface area (Å²) < 4.78 is 7.48. The van der Waals surface area contributed by atoms with Gasteiger partial charge in [0.15, 0.2) is 11.8 Å². The zero-order valence-electron chi connectivity index (χ0n) is 14.9. The number of aryl methyl sites for hydroxylation is 1. The van der Waals surface area contributed by atoms with Gasteiger partial charge in [-0.3, -0.25) is 4.79 Å². The number of carbonyl (C=O) groups is 1. The lowest BCUT2D eigenvalue weighted by Crippen LogP contribution is -2.31. The van der Waals surface area contributed by atoms with Crippen LogP contribution < -0.4 is 10.1 Å². The summed E-state index contributed by atoms with van der Waals surface area (Å²) in [6, 6.07) is 9.59. The van der Waals surface area contributed by atoms with E-state index >= 15 is 0 Å². The van der Waals surface area contributed by atoms with Gasteiger partial charge in [0.05, 0.1) is 6.20 Å². The van der Waals surface area contributed by atoms with Crippen LogP contribution in [0.2, 0.25) is 0 Å². The van der Waals surface area contributed by atoms with Crippen LogP contribution in [-0.4, -0.2) is 26.6 Å². The smallest absolute Gasteiger partial charge is 0.266 e. The molecule has 1 amide bonds. The van der Waals surface area contributed by atoms with Crippen LogP contribution in [0.1, 0.15) is 37.8 Å². The number of anilines is 1. The zero-order valence-corrected chi connectivity index (χ0v) is 14.9. The second kappa shape index (κ2) is 6.93. The van der Waals surface area contributed by atoms with Gasteiger partial charge in [0.1, 0.15) is 11.6 Å². The van der Waals surface area contributed by atoms with Crippen LogP contribution in [0.25, 0.3) is 5.65 Å². The molecule has 0 aliphatic rings. The van der Waals surface area contributed by atoms with Crippen LogP contribution in [0.3, 0.4) is 0 Å². The Morgan fingerprint density at radius 1 is 1.16 bits per heavy atom. The number of benzene rings is 1. The number of aromatic nitrogens is 3. The molecule has 0 spiro atoms. The monoisotopic (exact) mass is 338 g/mol. The van der Waals surface area contributed by atoms with Gasteiger partial charge in [-0.05, 0) is 43.0 Å². The van der Waals surface area contributed by atoms with Gasteiger partial charge in [-0.15, -0.1) is 0 Å². The SMILES string of the molecule is Cc1ccc(C(C)C)cc1OC(C)C(=O)Nc1ccnc2ccnn12. The molecule has 0 bridgehead atoms. The van der Waals surface area contributed by atoms with Crippen molar-refractivity contribution in [3.05, 3.63) is 53.9 Å². The number of hydrogen-bond acceptors (Lipinski definition) is 4. The number of hydrogen-bond donors (Lipinski definition) is 1. The number of ether oxygens (including phenoxy) is 1. The van der Waals surface area contributed by atoms with Gasteiger partial charge in [0, 0.05) is 12.3 Å². The molecule has 0 saturated carbocycles. The topological polar surface area (TPSA) is 68.5 Å². The molecule has 0 aliphatic carbocycles. The van der Waals surface area contributed by atoms with Crippen molar-refractivity contribution in [2.75, 3.05) is 5.32 Å². The highest BCUT2D eigenvalue weighted by Crippen LogP contribution is 2.25. The maximum Gasteiger partial charge on any atom is 0.266 e. The van der Waals surface area contributed by atoms with Crippen LogP contribution in [0.4, 0.5) is 5.82 Å². The summed E-state index contributed by atoms with van der Waals surface area (Å²) in [5.74, 6) is 1.45. The zero-order chi connectivity index (χ0) is 18.0. The van der Waals surface area contributed by atoms with E-state index in [1.165, 1.54) is 5.56 Å². The molecule has 2 heterocycles. The van der Waals surface area contributed by atoms with Crippen molar-refractivity contribution in [3.63, 3.8) is 0 Å². The van der Waals surface area contributed by atoms with E-state index in [2.05, 4.69) is 35.3 Å². The summed E-state index contributed by atoms with van der Waals surface area (Å²) in [6.07, 6.45) is 2.63. The first-order chi connectivity index (χ1) is 12.0. The van der Waals surface area contributed by atoms with Gasteiger partial charge in [0.25, 0.3) is 5.91 Å². The number of nitrogens with zero attached hydrogens (tertiary/aromatic N) is 3. The molecule has 6 nitrogen and oxygen atoms in total. The summed E-state index contributed by atoms with van der Waals surface area (Å²) >= 11 is 0. The molecule has 1 N–H and O–H groups in total. The third-order valence-corrected chi connectivity index (χ3v) is 4.09. The Kier molecular flexibility index (Phi) is 4.70. The van der Waals surface area contributed by atoms with Crippen LogP contribution in [0.15, 0.2) is 42.7 Å². The molecule has 130 valence electrons. The largest absolute Gasteiger partial charge is 0.481 e. The normalized spacial score (nSPS) is 12.4. The Balaban J connectivity index is 1.75. The lowest BCUT2D eigenvalue weighted by atomic mass is 10.0. The van der Waals surface area contributed by atoms with Crippen molar-refractivity contribution >= 4 is 17.4 Å². The van der Waals surface area contributed by atoms with E-state index in [1.54, 1.807) is 36.0 Å². The summed E-state index contributed by atoms with van der Waals surface area (Å²) in [5, 5.41) is 7.00. The number of carbonyl (C=O) groups excluding carboxylic acids is 1. The van der Waals surface area contributed by atoms with Gasteiger partial charge in [-0.25, -0.2) is 4.98 Å². The van der Waals surface area contributed by atoms with E-state index < -0.39 is 6.10 Å². The third kappa shape index (κ3) is 3.63. The number of nitrogens with one attached hydrogen (secondary N) is 1. The van der Waals surface area contributed by atoms with E-state index in [4.69, 9.17) is 4.74 Å². The van der Waals surface area contributed by atoms with Crippen molar-refractivity contribution in [1.82, 2.24) is 14.6 Å². The Morgan fingerprint density at radius 3 is 2.72 bits per heavy atom. The molecular weight excluding hydrogens is 316 g/mol. The van der Waals surface area contributed by atoms with E-state index in [1.807, 2.05) is 19.1 Å². The molecule has 2 aromatic heterocycles. The predicted octanol–water partition coefficient (Wildman–Crippen LogP) is 3.57. The van der Waals surface area contributed by atoms with E-state index in [0.717, 1.165) is 11.3 Å². The maximum absolute atomic E-state index is 12.5. The molecular formula is C19H22N4O2. The van der Waals surface area contributed by atoms with Crippen molar-refractivity contribution in [3.8, 4) is 5.75 Å². The summed E-state index contributed by atoms with van der Waals surface area (Å²) in [6.45, 7) is 7.96. The molecule has 3 aromatic rings. The highest BCUT2D eigenvalue weighted by Gasteiger charge is 2.18. The fourth-order valence-electron chi connectivity index (χ4n) is 2.50. The Labute approximate surface area is 146 Å². The number of amides is 1. The van der Waals surface area contributed by atoms with Crippen molar-refractivity contribution in [2.24, 2.45) is 0 Å². The van der Waals surface area contributed by atoms with Crippen molar-refractivity contribution in [1.29, 1.82) is 0 Å². The lowest BCUT2D eigenvalue weighted by molar-refractivity contribution is -0.122. The Hall–Kier alpha value is -2.89. The summed E-state index contributed by atoms with van der Waals surface area (Å²) in [5.41, 5.74) is 2.86. The van der Waals surface area contributed by atoms with Crippen molar-refractivity contribution < 1.29 is 9.53 Å². The summed E-state index contributed by atoms with van der Waals surface area (Å²) in [7, 11) is 0. The van der Waals surface area contributed by atoms with Crippen molar-refractivity contribution in [2.45, 2.75) is 39.7 Å². The fourth-order valence-corrected chi connectivity index (χ4v) is 2.50. The Bertz CT molecular complexity index is 901. The van der Waals surface area contributed by atoms with E-state index in [9.17, 15) is 4.79 Å². The van der Waals surface area contributed by atoms with Gasteiger partial charge in [-0.2, -0.15) is 9.61 Å². The van der Waals surface area contributed by atoms with E-state index in [-0.39, 0.29) is 5.91 Å². The van der Waals surface area contributed by atoms with Gasteiger partial charge in [0.2, 0.25) is 0 Å². The maximum atomic E-state index is 12.5. The molecule has 6 heteroatoms. The minimum absolute atomic E-state index is 0.239. The first-order valence-corrected chi connectivity index (χ1v) is 8.32. The molecule has 1 unspecified atom stereocenters. The van der Waals surface area contributed by atoms with Gasteiger partial charge >= 0.3 is 0 Å². The van der Waals surface area contributed by atoms with Crippen LogP contribution in [-0.2, 0) is 4.79 Å². The summed E-state index contributed by atoms with van der Waals surface area (Å²) in [4.78, 5) is 16.7. The standard InChI is InChI=1S/C19H22N4O2/c1-12(2)15-6-5-13(3)16(11-15)25-14(4)19(24)22-18-7-9-20-17-8-10-21-23(17)18/h5-12,14H,1-4H3,(H,22,24). The fraction of sp³-hybridized carbons (Fsp3) is 0.316. The molecule has 3 rings (SSSR count). The highest BCUT2D eigenvalue weighted by molar-refractivity contribution is 5.93.